The fourth-order valence-corrected chi connectivity index (χ4v) is 3.88. The van der Waals surface area contributed by atoms with Crippen molar-refractivity contribution in [1.82, 2.24) is 20.4 Å². The Morgan fingerprint density at radius 2 is 1.83 bits per heavy atom. The summed E-state index contributed by atoms with van der Waals surface area (Å²) in [5.41, 5.74) is 0.271. The molecule has 1 amide bonds. The quantitative estimate of drug-likeness (QED) is 0.674. The van der Waals surface area contributed by atoms with E-state index in [2.05, 4.69) is 15.7 Å². The number of aromatic nitrogens is 2. The van der Waals surface area contributed by atoms with Crippen molar-refractivity contribution in [3.8, 4) is 11.5 Å². The first-order chi connectivity index (χ1) is 14.2. The lowest BCUT2D eigenvalue weighted by molar-refractivity contribution is -0.132. The van der Waals surface area contributed by atoms with Crippen LogP contribution < -0.4 is 15.4 Å². The lowest BCUT2D eigenvalue weighted by Crippen LogP contribution is -2.55. The van der Waals surface area contributed by atoms with Crippen LogP contribution >= 0.6 is 0 Å². The molecule has 0 bridgehead atoms. The molecular formula is C23H26N4O2. The van der Waals surface area contributed by atoms with Gasteiger partial charge < -0.3 is 15.4 Å². The molecule has 2 N–H and O–H groups in total. The molecule has 2 heterocycles. The summed E-state index contributed by atoms with van der Waals surface area (Å²) in [6.45, 7) is 3.56. The minimum atomic E-state index is -0.668. The highest BCUT2D eigenvalue weighted by atomic mass is 16.5. The Bertz CT molecular complexity index is 935. The number of hydrogen-bond acceptors (Lipinski definition) is 4. The van der Waals surface area contributed by atoms with Crippen molar-refractivity contribution in [2.45, 2.75) is 31.3 Å². The fraction of sp³-hybridized carbons (Fsp3) is 0.304. The average Bonchev–Trinajstić information content (AvgIpc) is 3.31. The van der Waals surface area contributed by atoms with Gasteiger partial charge in [-0.3, -0.25) is 9.48 Å². The molecule has 1 atom stereocenters. The van der Waals surface area contributed by atoms with Crippen LogP contribution in [0.4, 0.5) is 0 Å². The minimum absolute atomic E-state index is 0.00952. The van der Waals surface area contributed by atoms with Crippen LogP contribution in [0, 0.1) is 0 Å². The van der Waals surface area contributed by atoms with E-state index in [1.165, 1.54) is 0 Å². The normalized spacial score (nSPS) is 16.7. The van der Waals surface area contributed by atoms with Crippen molar-refractivity contribution >= 4 is 5.91 Å². The zero-order valence-electron chi connectivity index (χ0n) is 16.5. The smallest absolute Gasteiger partial charge is 0.248 e. The monoisotopic (exact) mass is 390 g/mol. The van der Waals surface area contributed by atoms with Crippen LogP contribution in [0.25, 0.3) is 0 Å². The van der Waals surface area contributed by atoms with Crippen LogP contribution in [0.5, 0.6) is 11.5 Å². The molecular weight excluding hydrogens is 364 g/mol. The first-order valence-electron chi connectivity index (χ1n) is 10.0. The van der Waals surface area contributed by atoms with Gasteiger partial charge in [0.15, 0.2) is 0 Å². The topological polar surface area (TPSA) is 68.2 Å². The SMILES string of the molecule is CC(NC(=O)C1(n2cccn2)CCNCC1)c1ccccc1Oc1ccccc1. The number of piperidine rings is 1. The van der Waals surface area contributed by atoms with Crippen LogP contribution in [0.3, 0.4) is 0 Å². The van der Waals surface area contributed by atoms with E-state index < -0.39 is 5.54 Å². The first-order valence-corrected chi connectivity index (χ1v) is 10.0. The summed E-state index contributed by atoms with van der Waals surface area (Å²) in [6.07, 6.45) is 5.01. The van der Waals surface area contributed by atoms with E-state index in [0.29, 0.717) is 12.8 Å². The molecule has 6 nitrogen and oxygen atoms in total. The Hall–Kier alpha value is -3.12. The zero-order valence-corrected chi connectivity index (χ0v) is 16.5. The van der Waals surface area contributed by atoms with E-state index in [9.17, 15) is 4.79 Å². The summed E-state index contributed by atoms with van der Waals surface area (Å²) in [7, 11) is 0. The number of nitrogens with zero attached hydrogens (tertiary/aromatic N) is 2. The highest BCUT2D eigenvalue weighted by molar-refractivity contribution is 5.85. The van der Waals surface area contributed by atoms with Gasteiger partial charge in [-0.05, 0) is 57.1 Å². The van der Waals surface area contributed by atoms with Gasteiger partial charge in [-0.25, -0.2) is 0 Å². The Morgan fingerprint density at radius 3 is 2.55 bits per heavy atom. The standard InChI is InChI=1S/C23H26N4O2/c1-18(20-10-5-6-11-21(20)29-19-8-3-2-4-9-19)26-22(28)23(12-15-24-16-13-23)27-17-7-14-25-27/h2-11,14,17-18,24H,12-13,15-16H2,1H3,(H,26,28). The molecule has 1 aliphatic heterocycles. The molecule has 29 heavy (non-hydrogen) atoms. The van der Waals surface area contributed by atoms with E-state index in [4.69, 9.17) is 4.74 Å². The minimum Gasteiger partial charge on any atom is -0.457 e. The maximum Gasteiger partial charge on any atom is 0.248 e. The maximum atomic E-state index is 13.4. The van der Waals surface area contributed by atoms with E-state index in [1.54, 1.807) is 6.20 Å². The molecule has 1 aromatic heterocycles. The van der Waals surface area contributed by atoms with Crippen LogP contribution in [0.15, 0.2) is 73.1 Å². The van der Waals surface area contributed by atoms with Crippen molar-refractivity contribution < 1.29 is 9.53 Å². The predicted molar refractivity (Wildman–Crippen MR) is 112 cm³/mol. The van der Waals surface area contributed by atoms with Crippen molar-refractivity contribution in [3.63, 3.8) is 0 Å². The summed E-state index contributed by atoms with van der Waals surface area (Å²) in [5, 5.41) is 10.9. The van der Waals surface area contributed by atoms with Gasteiger partial charge in [0.2, 0.25) is 5.91 Å². The van der Waals surface area contributed by atoms with Gasteiger partial charge >= 0.3 is 0 Å². The molecule has 2 aromatic carbocycles. The molecule has 0 aliphatic carbocycles. The number of benzene rings is 2. The second kappa shape index (κ2) is 8.49. The lowest BCUT2D eigenvalue weighted by atomic mass is 9.87. The van der Waals surface area contributed by atoms with Crippen LogP contribution in [-0.2, 0) is 10.3 Å². The molecule has 0 radical (unpaired) electrons. The average molecular weight is 390 g/mol. The van der Waals surface area contributed by atoms with Crippen molar-refractivity contribution in [1.29, 1.82) is 0 Å². The molecule has 1 saturated heterocycles. The van der Waals surface area contributed by atoms with Gasteiger partial charge in [0, 0.05) is 18.0 Å². The lowest BCUT2D eigenvalue weighted by Gasteiger charge is -2.37. The molecule has 0 spiro atoms. The van der Waals surface area contributed by atoms with Gasteiger partial charge in [0.05, 0.1) is 6.04 Å². The van der Waals surface area contributed by atoms with E-state index in [-0.39, 0.29) is 11.9 Å². The van der Waals surface area contributed by atoms with E-state index in [0.717, 1.165) is 30.2 Å². The maximum absolute atomic E-state index is 13.4. The predicted octanol–water partition coefficient (Wildman–Crippen LogP) is 3.63. The van der Waals surface area contributed by atoms with Gasteiger partial charge in [0.25, 0.3) is 0 Å². The van der Waals surface area contributed by atoms with Crippen molar-refractivity contribution in [3.05, 3.63) is 78.6 Å². The van der Waals surface area contributed by atoms with Crippen molar-refractivity contribution in [2.24, 2.45) is 0 Å². The number of para-hydroxylation sites is 2. The fourth-order valence-electron chi connectivity index (χ4n) is 3.88. The van der Waals surface area contributed by atoms with Crippen LogP contribution in [0.2, 0.25) is 0 Å². The highest BCUT2D eigenvalue weighted by Crippen LogP contribution is 2.32. The zero-order chi connectivity index (χ0) is 20.1. The Balaban J connectivity index is 1.56. The number of ether oxygens (including phenoxy) is 1. The van der Waals surface area contributed by atoms with E-state index in [1.807, 2.05) is 78.5 Å². The van der Waals surface area contributed by atoms with Gasteiger partial charge in [-0.2, -0.15) is 5.10 Å². The highest BCUT2D eigenvalue weighted by Gasteiger charge is 2.42. The largest absolute Gasteiger partial charge is 0.457 e. The Morgan fingerprint density at radius 1 is 1.10 bits per heavy atom. The molecule has 0 saturated carbocycles. The summed E-state index contributed by atoms with van der Waals surface area (Å²) in [4.78, 5) is 13.4. The second-order valence-electron chi connectivity index (χ2n) is 7.38. The summed E-state index contributed by atoms with van der Waals surface area (Å²) < 4.78 is 7.88. The number of carbonyl (C=O) groups excluding carboxylic acids is 1. The third-order valence-corrected chi connectivity index (χ3v) is 5.50. The van der Waals surface area contributed by atoms with Gasteiger partial charge in [-0.15, -0.1) is 0 Å². The molecule has 3 aromatic rings. The summed E-state index contributed by atoms with van der Waals surface area (Å²) in [5.74, 6) is 1.50. The summed E-state index contributed by atoms with van der Waals surface area (Å²) in [6, 6.07) is 19.2. The second-order valence-corrected chi connectivity index (χ2v) is 7.38. The van der Waals surface area contributed by atoms with Gasteiger partial charge in [0.1, 0.15) is 17.0 Å². The molecule has 1 aliphatic rings. The number of nitrogens with one attached hydrogen (secondary N) is 2. The number of rotatable bonds is 6. The summed E-state index contributed by atoms with van der Waals surface area (Å²) >= 11 is 0. The molecule has 150 valence electrons. The van der Waals surface area contributed by atoms with E-state index >= 15 is 0 Å². The third kappa shape index (κ3) is 4.03. The number of carbonyl (C=O) groups is 1. The van der Waals surface area contributed by atoms with Crippen LogP contribution in [-0.4, -0.2) is 28.8 Å². The van der Waals surface area contributed by atoms with Gasteiger partial charge in [-0.1, -0.05) is 36.4 Å². The molecule has 1 fully saturated rings. The van der Waals surface area contributed by atoms with Crippen molar-refractivity contribution in [2.75, 3.05) is 13.1 Å². The number of hydrogen-bond donors (Lipinski definition) is 2. The molecule has 6 heteroatoms. The number of amides is 1. The Kier molecular flexibility index (Phi) is 5.62. The Labute approximate surface area is 170 Å². The van der Waals surface area contributed by atoms with Crippen LogP contribution in [0.1, 0.15) is 31.4 Å². The first kappa shape index (κ1) is 19.2. The third-order valence-electron chi connectivity index (χ3n) is 5.50. The molecule has 1 unspecified atom stereocenters. The molecule has 4 rings (SSSR count).